The molecule has 4 nitrogen and oxygen atoms in total. The fourth-order valence-electron chi connectivity index (χ4n) is 2.41. The largest absolute Gasteiger partial charge is 0.315 e. The van der Waals surface area contributed by atoms with Crippen LogP contribution in [0.2, 0.25) is 0 Å². The SMILES string of the molecule is CCCNCC(C)S(=O)(=O)NC1CCCCC1C. The maximum Gasteiger partial charge on any atom is 0.215 e. The summed E-state index contributed by atoms with van der Waals surface area (Å²) < 4.78 is 27.3. The Morgan fingerprint density at radius 2 is 1.94 bits per heavy atom. The van der Waals surface area contributed by atoms with Gasteiger partial charge < -0.3 is 5.32 Å². The molecule has 2 N–H and O–H groups in total. The van der Waals surface area contributed by atoms with Gasteiger partial charge in [0, 0.05) is 12.6 Å². The topological polar surface area (TPSA) is 58.2 Å². The van der Waals surface area contributed by atoms with E-state index in [1.54, 1.807) is 6.92 Å². The third-order valence-electron chi connectivity index (χ3n) is 3.82. The molecule has 0 bridgehead atoms. The van der Waals surface area contributed by atoms with E-state index in [1.165, 1.54) is 6.42 Å². The summed E-state index contributed by atoms with van der Waals surface area (Å²) in [5.74, 6) is 0.462. The van der Waals surface area contributed by atoms with Gasteiger partial charge in [0.05, 0.1) is 5.25 Å². The van der Waals surface area contributed by atoms with Crippen molar-refractivity contribution >= 4 is 10.0 Å². The van der Waals surface area contributed by atoms with Crippen LogP contribution in [-0.2, 0) is 10.0 Å². The lowest BCUT2D eigenvalue weighted by Crippen LogP contribution is -2.46. The number of sulfonamides is 1. The summed E-state index contributed by atoms with van der Waals surface area (Å²) >= 11 is 0. The van der Waals surface area contributed by atoms with E-state index in [9.17, 15) is 8.42 Å². The van der Waals surface area contributed by atoms with E-state index in [0.29, 0.717) is 12.5 Å². The first kappa shape index (κ1) is 15.9. The molecular weight excluding hydrogens is 248 g/mol. The van der Waals surface area contributed by atoms with Gasteiger partial charge in [-0.2, -0.15) is 0 Å². The van der Waals surface area contributed by atoms with Gasteiger partial charge in [0.15, 0.2) is 0 Å². The summed E-state index contributed by atoms with van der Waals surface area (Å²) in [6.07, 6.45) is 5.51. The van der Waals surface area contributed by atoms with Gasteiger partial charge in [-0.05, 0) is 38.6 Å². The first-order valence-corrected chi connectivity index (χ1v) is 8.74. The molecule has 1 saturated carbocycles. The molecule has 1 fully saturated rings. The van der Waals surface area contributed by atoms with E-state index in [-0.39, 0.29) is 11.3 Å². The second-order valence-corrected chi connectivity index (χ2v) is 7.68. The summed E-state index contributed by atoms with van der Waals surface area (Å²) in [7, 11) is -3.19. The highest BCUT2D eigenvalue weighted by atomic mass is 32.2. The molecule has 0 amide bonds. The van der Waals surface area contributed by atoms with Gasteiger partial charge in [0.1, 0.15) is 0 Å². The van der Waals surface area contributed by atoms with Crippen LogP contribution in [0.3, 0.4) is 0 Å². The average Bonchev–Trinajstić information content (AvgIpc) is 2.32. The first-order chi connectivity index (χ1) is 8.47. The molecule has 1 rings (SSSR count). The highest BCUT2D eigenvalue weighted by Crippen LogP contribution is 2.24. The van der Waals surface area contributed by atoms with Gasteiger partial charge in [-0.25, -0.2) is 13.1 Å². The molecule has 0 spiro atoms. The molecule has 0 aliphatic heterocycles. The summed E-state index contributed by atoms with van der Waals surface area (Å²) in [4.78, 5) is 0. The summed E-state index contributed by atoms with van der Waals surface area (Å²) in [6, 6.07) is 0.136. The fraction of sp³-hybridized carbons (Fsp3) is 1.00. The molecular formula is C13H28N2O2S. The van der Waals surface area contributed by atoms with Crippen LogP contribution in [0.4, 0.5) is 0 Å². The Morgan fingerprint density at radius 3 is 2.56 bits per heavy atom. The average molecular weight is 276 g/mol. The highest BCUT2D eigenvalue weighted by Gasteiger charge is 2.28. The lowest BCUT2D eigenvalue weighted by molar-refractivity contribution is 0.309. The zero-order valence-corrected chi connectivity index (χ0v) is 12.7. The predicted molar refractivity (Wildman–Crippen MR) is 76.1 cm³/mol. The van der Waals surface area contributed by atoms with E-state index in [0.717, 1.165) is 32.2 Å². The molecule has 3 unspecified atom stereocenters. The standard InChI is InChI=1S/C13H28N2O2S/c1-4-9-14-10-12(3)18(16,17)15-13-8-6-5-7-11(13)2/h11-15H,4-10H2,1-3H3. The lowest BCUT2D eigenvalue weighted by atomic mass is 9.87. The Hall–Kier alpha value is -0.130. The van der Waals surface area contributed by atoms with Crippen molar-refractivity contribution in [3.63, 3.8) is 0 Å². The zero-order chi connectivity index (χ0) is 13.6. The van der Waals surface area contributed by atoms with Crippen LogP contribution >= 0.6 is 0 Å². The van der Waals surface area contributed by atoms with Crippen LogP contribution < -0.4 is 10.0 Å². The summed E-state index contributed by atoms with van der Waals surface area (Å²) in [5, 5.41) is 2.81. The van der Waals surface area contributed by atoms with Crippen molar-refractivity contribution in [2.75, 3.05) is 13.1 Å². The van der Waals surface area contributed by atoms with Crippen molar-refractivity contribution < 1.29 is 8.42 Å². The molecule has 1 aliphatic rings. The lowest BCUT2D eigenvalue weighted by Gasteiger charge is -2.30. The number of rotatable bonds is 7. The summed E-state index contributed by atoms with van der Waals surface area (Å²) in [5.41, 5.74) is 0. The Bertz CT molecular complexity index is 330. The van der Waals surface area contributed by atoms with E-state index in [2.05, 4.69) is 23.9 Å². The smallest absolute Gasteiger partial charge is 0.215 e. The van der Waals surface area contributed by atoms with Crippen LogP contribution in [0.25, 0.3) is 0 Å². The van der Waals surface area contributed by atoms with Gasteiger partial charge in [0.25, 0.3) is 0 Å². The highest BCUT2D eigenvalue weighted by molar-refractivity contribution is 7.90. The molecule has 1 aliphatic carbocycles. The Balaban J connectivity index is 2.46. The molecule has 0 saturated heterocycles. The van der Waals surface area contributed by atoms with Crippen molar-refractivity contribution in [3.05, 3.63) is 0 Å². The van der Waals surface area contributed by atoms with Crippen LogP contribution in [-0.4, -0.2) is 32.8 Å². The third-order valence-corrected chi connectivity index (χ3v) is 5.67. The molecule has 5 heteroatoms. The number of hydrogen-bond donors (Lipinski definition) is 2. The van der Waals surface area contributed by atoms with Gasteiger partial charge in [-0.15, -0.1) is 0 Å². The minimum atomic E-state index is -3.19. The first-order valence-electron chi connectivity index (χ1n) is 7.19. The van der Waals surface area contributed by atoms with Crippen molar-refractivity contribution in [2.45, 2.75) is 64.2 Å². The van der Waals surface area contributed by atoms with Gasteiger partial charge >= 0.3 is 0 Å². The molecule has 0 aromatic heterocycles. The maximum absolute atomic E-state index is 12.2. The molecule has 0 radical (unpaired) electrons. The van der Waals surface area contributed by atoms with Crippen molar-refractivity contribution in [1.29, 1.82) is 0 Å². The quantitative estimate of drug-likeness (QED) is 0.698. The van der Waals surface area contributed by atoms with Crippen molar-refractivity contribution in [1.82, 2.24) is 10.0 Å². The minimum absolute atomic E-state index is 0.136. The van der Waals surface area contributed by atoms with Gasteiger partial charge in [0.2, 0.25) is 10.0 Å². The Kier molecular flexibility index (Phi) is 6.60. The summed E-state index contributed by atoms with van der Waals surface area (Å²) in [6.45, 7) is 7.41. The number of hydrogen-bond acceptors (Lipinski definition) is 3. The third kappa shape index (κ3) is 4.86. The van der Waals surface area contributed by atoms with Crippen LogP contribution in [0.5, 0.6) is 0 Å². The van der Waals surface area contributed by atoms with Crippen LogP contribution in [0, 0.1) is 5.92 Å². The van der Waals surface area contributed by atoms with Gasteiger partial charge in [-0.3, -0.25) is 0 Å². The number of nitrogens with one attached hydrogen (secondary N) is 2. The molecule has 0 aromatic rings. The molecule has 18 heavy (non-hydrogen) atoms. The van der Waals surface area contributed by atoms with E-state index in [1.807, 2.05) is 0 Å². The van der Waals surface area contributed by atoms with Crippen molar-refractivity contribution in [2.24, 2.45) is 5.92 Å². The van der Waals surface area contributed by atoms with Crippen LogP contribution in [0.1, 0.15) is 52.9 Å². The fourth-order valence-corrected chi connectivity index (χ4v) is 3.75. The molecule has 3 atom stereocenters. The van der Waals surface area contributed by atoms with Crippen molar-refractivity contribution in [3.8, 4) is 0 Å². The maximum atomic E-state index is 12.2. The second kappa shape index (κ2) is 7.46. The minimum Gasteiger partial charge on any atom is -0.315 e. The molecule has 0 aromatic carbocycles. The predicted octanol–water partition coefficient (Wildman–Crippen LogP) is 1.87. The molecule has 0 heterocycles. The Morgan fingerprint density at radius 1 is 1.28 bits per heavy atom. The van der Waals surface area contributed by atoms with Crippen LogP contribution in [0.15, 0.2) is 0 Å². The van der Waals surface area contributed by atoms with E-state index in [4.69, 9.17) is 0 Å². The van der Waals surface area contributed by atoms with Gasteiger partial charge in [-0.1, -0.05) is 26.7 Å². The Labute approximate surface area is 112 Å². The zero-order valence-electron chi connectivity index (χ0n) is 11.9. The van der Waals surface area contributed by atoms with E-state index < -0.39 is 10.0 Å². The normalized spacial score (nSPS) is 27.1. The monoisotopic (exact) mass is 276 g/mol. The molecule has 108 valence electrons. The van der Waals surface area contributed by atoms with E-state index >= 15 is 0 Å². The second-order valence-electron chi connectivity index (χ2n) is 5.55.